The van der Waals surface area contributed by atoms with E-state index in [2.05, 4.69) is 5.32 Å². The quantitative estimate of drug-likeness (QED) is 0.819. The van der Waals surface area contributed by atoms with E-state index in [4.69, 9.17) is 16.7 Å². The van der Waals surface area contributed by atoms with Crippen molar-refractivity contribution in [2.75, 3.05) is 11.9 Å². The third-order valence-corrected chi connectivity index (χ3v) is 2.33. The van der Waals surface area contributed by atoms with Gasteiger partial charge < -0.3 is 10.4 Å². The maximum atomic E-state index is 13.3. The molecule has 1 aromatic rings. The van der Waals surface area contributed by atoms with E-state index in [0.717, 1.165) is 6.07 Å². The van der Waals surface area contributed by atoms with Gasteiger partial charge in [-0.05, 0) is 13.0 Å². The fourth-order valence-electron chi connectivity index (χ4n) is 1.10. The van der Waals surface area contributed by atoms with E-state index in [9.17, 15) is 13.6 Å². The zero-order valence-corrected chi connectivity index (χ0v) is 9.68. The van der Waals surface area contributed by atoms with Crippen molar-refractivity contribution in [2.45, 2.75) is 6.92 Å². The van der Waals surface area contributed by atoms with E-state index < -0.39 is 17.6 Å². The molecule has 0 bridgehead atoms. The minimum atomic E-state index is -1.06. The molecule has 0 spiro atoms. The van der Waals surface area contributed by atoms with Crippen LogP contribution in [0.1, 0.15) is 6.92 Å². The summed E-state index contributed by atoms with van der Waals surface area (Å²) >= 11 is 5.63. The molecule has 0 fully saturated rings. The summed E-state index contributed by atoms with van der Waals surface area (Å²) in [4.78, 5) is 10.5. The van der Waals surface area contributed by atoms with Gasteiger partial charge in [0.2, 0.25) is 0 Å². The van der Waals surface area contributed by atoms with Crippen LogP contribution in [0.3, 0.4) is 0 Å². The average Bonchev–Trinajstić information content (AvgIpc) is 2.21. The Bertz CT molecular complexity index is 452. The first-order chi connectivity index (χ1) is 7.91. The Balaban J connectivity index is 2.77. The first kappa shape index (κ1) is 13.4. The number of aliphatic carboxylic acids is 1. The number of nitrogens with one attached hydrogen (secondary N) is 1. The van der Waals surface area contributed by atoms with Crippen LogP contribution in [0.4, 0.5) is 14.5 Å². The van der Waals surface area contributed by atoms with Crippen LogP contribution in [0.5, 0.6) is 0 Å². The van der Waals surface area contributed by atoms with Crippen molar-refractivity contribution in [2.24, 2.45) is 0 Å². The minimum absolute atomic E-state index is 0.0532. The smallest absolute Gasteiger partial charge is 0.331 e. The monoisotopic (exact) mass is 261 g/mol. The Hall–Kier alpha value is -1.62. The molecular weight excluding hydrogens is 252 g/mol. The van der Waals surface area contributed by atoms with Crippen molar-refractivity contribution in [3.05, 3.63) is 40.4 Å². The number of halogens is 3. The first-order valence-corrected chi connectivity index (χ1v) is 5.08. The van der Waals surface area contributed by atoms with Gasteiger partial charge in [-0.15, -0.1) is 0 Å². The Kier molecular flexibility index (Phi) is 4.45. The van der Waals surface area contributed by atoms with Crippen molar-refractivity contribution in [3.8, 4) is 0 Å². The average molecular weight is 262 g/mol. The van der Waals surface area contributed by atoms with E-state index in [1.807, 2.05) is 0 Å². The lowest BCUT2D eigenvalue weighted by Gasteiger charge is -2.07. The third-order valence-electron chi connectivity index (χ3n) is 2.03. The molecule has 0 aliphatic carbocycles. The van der Waals surface area contributed by atoms with Crippen LogP contribution in [-0.2, 0) is 4.79 Å². The van der Waals surface area contributed by atoms with Gasteiger partial charge in [0.1, 0.15) is 5.82 Å². The molecule has 0 aliphatic rings. The Morgan fingerprint density at radius 3 is 2.71 bits per heavy atom. The summed E-state index contributed by atoms with van der Waals surface area (Å²) in [6.45, 7) is 1.49. The number of anilines is 1. The van der Waals surface area contributed by atoms with Crippen molar-refractivity contribution in [1.82, 2.24) is 0 Å². The molecule has 0 aliphatic heterocycles. The SMILES string of the molecule is CC(=CCNc1c(F)cc(F)cc1Cl)C(=O)O. The Morgan fingerprint density at radius 1 is 1.53 bits per heavy atom. The molecule has 6 heteroatoms. The molecule has 0 atom stereocenters. The molecule has 92 valence electrons. The largest absolute Gasteiger partial charge is 0.478 e. The number of carbonyl (C=O) groups is 1. The maximum absolute atomic E-state index is 13.3. The highest BCUT2D eigenvalue weighted by Gasteiger charge is 2.09. The fourth-order valence-corrected chi connectivity index (χ4v) is 1.37. The van der Waals surface area contributed by atoms with E-state index in [1.54, 1.807) is 0 Å². The number of carboxylic acids is 1. The molecule has 17 heavy (non-hydrogen) atoms. The van der Waals surface area contributed by atoms with Crippen LogP contribution in [0.2, 0.25) is 5.02 Å². The van der Waals surface area contributed by atoms with Gasteiger partial charge in [0.15, 0.2) is 5.82 Å². The molecule has 1 rings (SSSR count). The van der Waals surface area contributed by atoms with Gasteiger partial charge in [-0.1, -0.05) is 17.7 Å². The number of hydrogen-bond acceptors (Lipinski definition) is 2. The molecule has 2 N–H and O–H groups in total. The normalized spacial score (nSPS) is 11.4. The summed E-state index contributed by atoms with van der Waals surface area (Å²) in [6.07, 6.45) is 1.36. The molecular formula is C11H10ClF2NO2. The van der Waals surface area contributed by atoms with Crippen LogP contribution in [0.15, 0.2) is 23.8 Å². The molecule has 0 saturated carbocycles. The molecule has 3 nitrogen and oxygen atoms in total. The molecule has 0 aromatic heterocycles. The van der Waals surface area contributed by atoms with Gasteiger partial charge in [0.05, 0.1) is 10.7 Å². The van der Waals surface area contributed by atoms with E-state index in [1.165, 1.54) is 13.0 Å². The number of hydrogen-bond donors (Lipinski definition) is 2. The zero-order chi connectivity index (χ0) is 13.0. The second-order valence-electron chi connectivity index (χ2n) is 3.32. The van der Waals surface area contributed by atoms with Gasteiger partial charge in [0.25, 0.3) is 0 Å². The summed E-state index contributed by atoms with van der Waals surface area (Å²) < 4.78 is 26.0. The van der Waals surface area contributed by atoms with Crippen LogP contribution in [0.25, 0.3) is 0 Å². The number of carboxylic acid groups (broad SMARTS) is 1. The summed E-state index contributed by atoms with van der Waals surface area (Å²) in [5.74, 6) is -2.65. The third kappa shape index (κ3) is 3.71. The predicted octanol–water partition coefficient (Wildman–Crippen LogP) is 3.06. The zero-order valence-electron chi connectivity index (χ0n) is 8.93. The standard InChI is InChI=1S/C11H10ClF2NO2/c1-6(11(16)17)2-3-15-10-8(12)4-7(13)5-9(10)14/h2,4-5,15H,3H2,1H3,(H,16,17). The van der Waals surface area contributed by atoms with E-state index in [-0.39, 0.29) is 22.8 Å². The lowest BCUT2D eigenvalue weighted by Crippen LogP contribution is -2.05. The van der Waals surface area contributed by atoms with Crippen LogP contribution < -0.4 is 5.32 Å². The summed E-state index contributed by atoms with van der Waals surface area (Å²) in [5.41, 5.74) is 0.0682. The van der Waals surface area contributed by atoms with Crippen LogP contribution in [-0.4, -0.2) is 17.6 Å². The van der Waals surface area contributed by atoms with Gasteiger partial charge in [-0.3, -0.25) is 0 Å². The highest BCUT2D eigenvalue weighted by atomic mass is 35.5. The Morgan fingerprint density at radius 2 is 2.18 bits per heavy atom. The molecule has 0 radical (unpaired) electrons. The fraction of sp³-hybridized carbons (Fsp3) is 0.182. The summed E-state index contributed by atoms with van der Waals surface area (Å²) in [6, 6.07) is 1.67. The van der Waals surface area contributed by atoms with Crippen LogP contribution in [0, 0.1) is 11.6 Å². The van der Waals surface area contributed by atoms with Crippen molar-refractivity contribution < 1.29 is 18.7 Å². The van der Waals surface area contributed by atoms with Gasteiger partial charge in [0, 0.05) is 18.2 Å². The second-order valence-corrected chi connectivity index (χ2v) is 3.72. The van der Waals surface area contributed by atoms with Crippen molar-refractivity contribution >= 4 is 23.3 Å². The summed E-state index contributed by atoms with van der Waals surface area (Å²) in [5, 5.41) is 11.1. The van der Waals surface area contributed by atoms with Crippen LogP contribution >= 0.6 is 11.6 Å². The second kappa shape index (κ2) is 5.63. The number of rotatable bonds is 4. The van der Waals surface area contributed by atoms with Gasteiger partial charge in [-0.25, -0.2) is 13.6 Å². The highest BCUT2D eigenvalue weighted by Crippen LogP contribution is 2.26. The molecule has 0 unspecified atom stereocenters. The first-order valence-electron chi connectivity index (χ1n) is 4.70. The van der Waals surface area contributed by atoms with Crippen molar-refractivity contribution in [3.63, 3.8) is 0 Å². The van der Waals surface area contributed by atoms with Gasteiger partial charge >= 0.3 is 5.97 Å². The van der Waals surface area contributed by atoms with E-state index in [0.29, 0.717) is 6.07 Å². The number of benzene rings is 1. The molecule has 1 aromatic carbocycles. The topological polar surface area (TPSA) is 49.3 Å². The minimum Gasteiger partial charge on any atom is -0.478 e. The lowest BCUT2D eigenvalue weighted by molar-refractivity contribution is -0.132. The highest BCUT2D eigenvalue weighted by molar-refractivity contribution is 6.33. The van der Waals surface area contributed by atoms with Crippen molar-refractivity contribution in [1.29, 1.82) is 0 Å². The molecule has 0 heterocycles. The maximum Gasteiger partial charge on any atom is 0.331 e. The molecule has 0 saturated heterocycles. The van der Waals surface area contributed by atoms with E-state index >= 15 is 0 Å². The van der Waals surface area contributed by atoms with Gasteiger partial charge in [-0.2, -0.15) is 0 Å². The Labute approximate surface area is 102 Å². The lowest BCUT2D eigenvalue weighted by atomic mass is 10.2. The molecule has 0 amide bonds. The summed E-state index contributed by atoms with van der Waals surface area (Å²) in [7, 11) is 0. The predicted molar refractivity (Wildman–Crippen MR) is 61.3 cm³/mol.